The molecule has 0 saturated carbocycles. The summed E-state index contributed by atoms with van der Waals surface area (Å²) in [5, 5.41) is 0.914. The number of ether oxygens (including phenoxy) is 1. The summed E-state index contributed by atoms with van der Waals surface area (Å²) in [6.07, 6.45) is 2.23. The van der Waals surface area contributed by atoms with Gasteiger partial charge in [0.25, 0.3) is 0 Å². The zero-order valence-corrected chi connectivity index (χ0v) is 12.2. The second kappa shape index (κ2) is 7.78. The molecular formula is C14H18Cl2O2. The maximum absolute atomic E-state index is 11.9. The van der Waals surface area contributed by atoms with Crippen molar-refractivity contribution in [1.82, 2.24) is 0 Å². The van der Waals surface area contributed by atoms with Gasteiger partial charge in [0.15, 0.2) is 5.78 Å². The predicted molar refractivity (Wildman–Crippen MR) is 75.7 cm³/mol. The van der Waals surface area contributed by atoms with Crippen LogP contribution in [0.15, 0.2) is 18.2 Å². The first-order chi connectivity index (χ1) is 8.54. The van der Waals surface area contributed by atoms with E-state index in [1.807, 2.05) is 0 Å². The van der Waals surface area contributed by atoms with Crippen LogP contribution >= 0.6 is 23.2 Å². The van der Waals surface area contributed by atoms with Crippen molar-refractivity contribution in [2.45, 2.75) is 26.7 Å². The second-order valence-corrected chi connectivity index (χ2v) is 5.30. The maximum Gasteiger partial charge on any atom is 0.190 e. The summed E-state index contributed by atoms with van der Waals surface area (Å²) in [6.45, 7) is 4.89. The molecule has 4 heteroatoms. The molecule has 0 amide bonds. The van der Waals surface area contributed by atoms with Gasteiger partial charge in [0.1, 0.15) is 6.61 Å². The topological polar surface area (TPSA) is 26.3 Å². The first-order valence-electron chi connectivity index (χ1n) is 6.10. The highest BCUT2D eigenvalue weighted by atomic mass is 35.5. The van der Waals surface area contributed by atoms with E-state index in [1.54, 1.807) is 18.2 Å². The van der Waals surface area contributed by atoms with Gasteiger partial charge in [-0.05, 0) is 30.5 Å². The molecule has 0 fully saturated rings. The third-order valence-corrected chi connectivity index (χ3v) is 3.21. The lowest BCUT2D eigenvalue weighted by atomic mass is 10.1. The standard InChI is InChI=1S/C14H18Cl2O2/c1-3-4-10(2)8-18-9-14(17)12-7-11(15)5-6-13(12)16/h5-7,10H,3-4,8-9H2,1-2H3. The van der Waals surface area contributed by atoms with Crippen LogP contribution in [0.4, 0.5) is 0 Å². The van der Waals surface area contributed by atoms with Gasteiger partial charge in [0.2, 0.25) is 0 Å². The third-order valence-electron chi connectivity index (χ3n) is 2.65. The number of benzene rings is 1. The van der Waals surface area contributed by atoms with E-state index in [1.165, 1.54) is 0 Å². The number of carbonyl (C=O) groups is 1. The lowest BCUT2D eigenvalue weighted by Gasteiger charge is -2.10. The second-order valence-electron chi connectivity index (χ2n) is 4.46. The van der Waals surface area contributed by atoms with Gasteiger partial charge >= 0.3 is 0 Å². The Balaban J connectivity index is 2.48. The highest BCUT2D eigenvalue weighted by molar-refractivity contribution is 6.35. The summed E-state index contributed by atoms with van der Waals surface area (Å²) in [5.41, 5.74) is 0.423. The summed E-state index contributed by atoms with van der Waals surface area (Å²) < 4.78 is 5.41. The molecule has 1 atom stereocenters. The summed E-state index contributed by atoms with van der Waals surface area (Å²) in [7, 11) is 0. The van der Waals surface area contributed by atoms with Crippen molar-refractivity contribution in [2.75, 3.05) is 13.2 Å². The van der Waals surface area contributed by atoms with Gasteiger partial charge in [-0.15, -0.1) is 0 Å². The zero-order chi connectivity index (χ0) is 13.5. The normalized spacial score (nSPS) is 12.4. The predicted octanol–water partition coefficient (Wildman–Crippen LogP) is 4.63. The Morgan fingerprint density at radius 3 is 2.78 bits per heavy atom. The number of rotatable bonds is 7. The molecule has 0 aromatic heterocycles. The van der Waals surface area contributed by atoms with Crippen LogP contribution in [0.2, 0.25) is 10.0 Å². The van der Waals surface area contributed by atoms with Gasteiger partial charge in [-0.25, -0.2) is 0 Å². The van der Waals surface area contributed by atoms with E-state index in [-0.39, 0.29) is 12.4 Å². The van der Waals surface area contributed by atoms with E-state index in [0.717, 1.165) is 12.8 Å². The van der Waals surface area contributed by atoms with Crippen LogP contribution in [-0.4, -0.2) is 19.0 Å². The highest BCUT2D eigenvalue weighted by Crippen LogP contribution is 2.21. The average molecular weight is 289 g/mol. The minimum atomic E-state index is -0.133. The highest BCUT2D eigenvalue weighted by Gasteiger charge is 2.12. The maximum atomic E-state index is 11.9. The van der Waals surface area contributed by atoms with Crippen LogP contribution in [0.5, 0.6) is 0 Å². The summed E-state index contributed by atoms with van der Waals surface area (Å²) in [6, 6.07) is 4.85. The van der Waals surface area contributed by atoms with E-state index < -0.39 is 0 Å². The van der Waals surface area contributed by atoms with Gasteiger partial charge in [-0.2, -0.15) is 0 Å². The molecule has 0 heterocycles. The molecule has 2 nitrogen and oxygen atoms in total. The fourth-order valence-electron chi connectivity index (χ4n) is 1.72. The Kier molecular flexibility index (Phi) is 6.69. The Morgan fingerprint density at radius 1 is 1.39 bits per heavy atom. The molecule has 0 aliphatic carbocycles. The Morgan fingerprint density at radius 2 is 2.11 bits per heavy atom. The molecule has 18 heavy (non-hydrogen) atoms. The lowest BCUT2D eigenvalue weighted by molar-refractivity contribution is 0.0683. The van der Waals surface area contributed by atoms with Crippen molar-refractivity contribution in [1.29, 1.82) is 0 Å². The molecule has 0 N–H and O–H groups in total. The van der Waals surface area contributed by atoms with E-state index in [4.69, 9.17) is 27.9 Å². The molecule has 0 aliphatic heterocycles. The van der Waals surface area contributed by atoms with Crippen LogP contribution in [0, 0.1) is 5.92 Å². The monoisotopic (exact) mass is 288 g/mol. The van der Waals surface area contributed by atoms with Crippen molar-refractivity contribution in [2.24, 2.45) is 5.92 Å². The minimum absolute atomic E-state index is 0.0497. The van der Waals surface area contributed by atoms with Crippen molar-refractivity contribution >= 4 is 29.0 Å². The van der Waals surface area contributed by atoms with E-state index in [0.29, 0.717) is 28.1 Å². The fourth-order valence-corrected chi connectivity index (χ4v) is 2.11. The van der Waals surface area contributed by atoms with Crippen molar-refractivity contribution in [3.63, 3.8) is 0 Å². The van der Waals surface area contributed by atoms with E-state index in [9.17, 15) is 4.79 Å². The number of Topliss-reactive ketones (excluding diaryl/α,β-unsaturated/α-hetero) is 1. The quantitative estimate of drug-likeness (QED) is 0.684. The van der Waals surface area contributed by atoms with Crippen LogP contribution in [-0.2, 0) is 4.74 Å². The number of hydrogen-bond acceptors (Lipinski definition) is 2. The number of ketones is 1. The third kappa shape index (κ3) is 4.97. The molecule has 0 saturated heterocycles. The first-order valence-corrected chi connectivity index (χ1v) is 6.86. The molecule has 1 aromatic carbocycles. The van der Waals surface area contributed by atoms with Crippen molar-refractivity contribution in [3.05, 3.63) is 33.8 Å². The van der Waals surface area contributed by atoms with Gasteiger partial charge in [-0.1, -0.05) is 43.5 Å². The Labute approximate surface area is 118 Å². The molecule has 0 spiro atoms. The molecule has 0 radical (unpaired) electrons. The van der Waals surface area contributed by atoms with Gasteiger partial charge in [-0.3, -0.25) is 4.79 Å². The molecule has 100 valence electrons. The van der Waals surface area contributed by atoms with Crippen LogP contribution in [0.25, 0.3) is 0 Å². The first kappa shape index (κ1) is 15.5. The molecular weight excluding hydrogens is 271 g/mol. The average Bonchev–Trinajstić information content (AvgIpc) is 2.32. The fraction of sp³-hybridized carbons (Fsp3) is 0.500. The molecule has 0 aliphatic rings. The minimum Gasteiger partial charge on any atom is -0.373 e. The summed E-state index contributed by atoms with van der Waals surface area (Å²) in [4.78, 5) is 11.9. The summed E-state index contributed by atoms with van der Waals surface area (Å²) in [5.74, 6) is 0.337. The van der Waals surface area contributed by atoms with Crippen LogP contribution in [0.1, 0.15) is 37.0 Å². The van der Waals surface area contributed by atoms with Gasteiger partial charge in [0, 0.05) is 17.2 Å². The largest absolute Gasteiger partial charge is 0.373 e. The molecule has 1 unspecified atom stereocenters. The number of hydrogen-bond donors (Lipinski definition) is 0. The summed E-state index contributed by atoms with van der Waals surface area (Å²) >= 11 is 11.8. The smallest absolute Gasteiger partial charge is 0.190 e. The Hall–Kier alpha value is -0.570. The van der Waals surface area contributed by atoms with E-state index in [2.05, 4.69) is 13.8 Å². The van der Waals surface area contributed by atoms with Gasteiger partial charge in [0.05, 0.1) is 5.02 Å². The SMILES string of the molecule is CCCC(C)COCC(=O)c1cc(Cl)ccc1Cl. The molecule has 1 rings (SSSR count). The van der Waals surface area contributed by atoms with Crippen LogP contribution < -0.4 is 0 Å². The molecule has 0 bridgehead atoms. The Bertz CT molecular complexity index is 405. The molecule has 1 aromatic rings. The number of halogens is 2. The van der Waals surface area contributed by atoms with Gasteiger partial charge < -0.3 is 4.74 Å². The lowest BCUT2D eigenvalue weighted by Crippen LogP contribution is -2.14. The number of carbonyl (C=O) groups excluding carboxylic acids is 1. The zero-order valence-electron chi connectivity index (χ0n) is 10.7. The van der Waals surface area contributed by atoms with E-state index >= 15 is 0 Å². The van der Waals surface area contributed by atoms with Crippen molar-refractivity contribution < 1.29 is 9.53 Å². The van der Waals surface area contributed by atoms with Crippen molar-refractivity contribution in [3.8, 4) is 0 Å². The van der Waals surface area contributed by atoms with Crippen LogP contribution in [0.3, 0.4) is 0 Å².